The number of hydrogen-bond acceptors (Lipinski definition) is 4. The Kier molecular flexibility index (Phi) is 6.21. The zero-order chi connectivity index (χ0) is 21.2. The van der Waals surface area contributed by atoms with Gasteiger partial charge in [-0.25, -0.2) is 9.59 Å². The Balaban J connectivity index is 2.78. The highest BCUT2D eigenvalue weighted by Gasteiger charge is 2.40. The maximum Gasteiger partial charge on any atom is 0.416 e. The fourth-order valence-electron chi connectivity index (χ4n) is 3.65. The maximum atomic E-state index is 12.9. The first-order valence-corrected chi connectivity index (χ1v) is 8.76. The molecule has 8 heteroatoms. The molecule has 1 aromatic carbocycles. The number of methoxy groups -OCH3 is 1. The molecule has 0 aromatic heterocycles. The second kappa shape index (κ2) is 8.08. The zero-order valence-corrected chi connectivity index (χ0v) is 16.1. The number of hydrogen-bond donors (Lipinski definition) is 1. The van der Waals surface area contributed by atoms with Gasteiger partial charge in [0.15, 0.2) is 0 Å². The van der Waals surface area contributed by atoms with Crippen molar-refractivity contribution in [1.82, 2.24) is 4.90 Å². The van der Waals surface area contributed by atoms with Crippen LogP contribution in [0.5, 0.6) is 0 Å². The van der Waals surface area contributed by atoms with Crippen LogP contribution in [0.1, 0.15) is 43.7 Å². The number of carbonyl (C=O) groups excluding carboxylic acids is 1. The molecule has 1 atom stereocenters. The smallest absolute Gasteiger partial charge is 0.416 e. The SMILES string of the molecule is CCC1=C(C(=O)O)C(c2ccc(C(F)(F)F)cc2)C(C(=O)OC)=C(CC)N1C. The van der Waals surface area contributed by atoms with Crippen molar-refractivity contribution < 1.29 is 32.6 Å². The second-order valence-corrected chi connectivity index (χ2v) is 6.34. The summed E-state index contributed by atoms with van der Waals surface area (Å²) in [6.45, 7) is 3.60. The van der Waals surface area contributed by atoms with Gasteiger partial charge in [-0.2, -0.15) is 13.2 Å². The topological polar surface area (TPSA) is 66.8 Å². The van der Waals surface area contributed by atoms with Crippen LogP contribution in [0.15, 0.2) is 46.8 Å². The molecule has 2 rings (SSSR count). The third-order valence-corrected chi connectivity index (χ3v) is 4.89. The van der Waals surface area contributed by atoms with E-state index < -0.39 is 29.6 Å². The number of carboxylic acids is 1. The highest BCUT2D eigenvalue weighted by atomic mass is 19.4. The molecule has 1 unspecified atom stereocenters. The summed E-state index contributed by atoms with van der Waals surface area (Å²) in [4.78, 5) is 26.3. The summed E-state index contributed by atoms with van der Waals surface area (Å²) < 4.78 is 43.6. The van der Waals surface area contributed by atoms with Gasteiger partial charge in [0.1, 0.15) is 0 Å². The Labute approximate surface area is 161 Å². The molecule has 0 fully saturated rings. The predicted octanol–water partition coefficient (Wildman–Crippen LogP) is 4.32. The summed E-state index contributed by atoms with van der Waals surface area (Å²) in [5.74, 6) is -2.96. The maximum absolute atomic E-state index is 12.9. The highest BCUT2D eigenvalue weighted by Crippen LogP contribution is 2.44. The summed E-state index contributed by atoms with van der Waals surface area (Å²) in [5.41, 5.74) is 0.612. The average Bonchev–Trinajstić information content (AvgIpc) is 2.65. The Hall–Kier alpha value is -2.77. The lowest BCUT2D eigenvalue weighted by molar-refractivity contribution is -0.138. The molecule has 0 saturated heterocycles. The second-order valence-electron chi connectivity index (χ2n) is 6.34. The number of aliphatic carboxylic acids is 1. The van der Waals surface area contributed by atoms with Crippen LogP contribution in [0.3, 0.4) is 0 Å². The average molecular weight is 397 g/mol. The first-order valence-electron chi connectivity index (χ1n) is 8.76. The van der Waals surface area contributed by atoms with Crippen molar-refractivity contribution in [3.63, 3.8) is 0 Å². The van der Waals surface area contributed by atoms with E-state index in [1.807, 2.05) is 6.92 Å². The number of halogens is 3. The quantitative estimate of drug-likeness (QED) is 0.750. The first-order chi connectivity index (χ1) is 13.1. The van der Waals surface area contributed by atoms with Gasteiger partial charge in [0.25, 0.3) is 0 Å². The molecule has 1 N–H and O–H groups in total. The fraction of sp³-hybridized carbons (Fsp3) is 0.400. The molecule has 0 radical (unpaired) electrons. The molecule has 1 aliphatic rings. The van der Waals surface area contributed by atoms with Crippen molar-refractivity contribution in [3.05, 3.63) is 57.9 Å². The third-order valence-electron chi connectivity index (χ3n) is 4.89. The first kappa shape index (κ1) is 21.5. The largest absolute Gasteiger partial charge is 0.478 e. The molecule has 152 valence electrons. The lowest BCUT2D eigenvalue weighted by Gasteiger charge is -2.37. The van der Waals surface area contributed by atoms with Crippen LogP contribution in [0.2, 0.25) is 0 Å². The van der Waals surface area contributed by atoms with Crippen molar-refractivity contribution in [2.45, 2.75) is 38.8 Å². The molecule has 0 bridgehead atoms. The van der Waals surface area contributed by atoms with E-state index in [-0.39, 0.29) is 16.7 Å². The molecule has 0 aliphatic carbocycles. The van der Waals surface area contributed by atoms with Gasteiger partial charge in [-0.1, -0.05) is 26.0 Å². The predicted molar refractivity (Wildman–Crippen MR) is 96.2 cm³/mol. The number of carbonyl (C=O) groups is 2. The van der Waals surface area contributed by atoms with Gasteiger partial charge < -0.3 is 14.7 Å². The van der Waals surface area contributed by atoms with Crippen molar-refractivity contribution >= 4 is 11.9 Å². The van der Waals surface area contributed by atoms with Crippen LogP contribution < -0.4 is 0 Å². The standard InChI is InChI=1S/C20H22F3NO4/c1-5-13-16(18(25)26)15(11-7-9-12(10-8-11)20(21,22)23)17(19(27)28-4)14(6-2)24(13)3/h7-10,15H,5-6H2,1-4H3,(H,25,26). The van der Waals surface area contributed by atoms with E-state index in [1.54, 1.807) is 18.9 Å². The Morgan fingerprint density at radius 1 is 1.07 bits per heavy atom. The van der Waals surface area contributed by atoms with E-state index in [1.165, 1.54) is 19.2 Å². The van der Waals surface area contributed by atoms with E-state index in [9.17, 15) is 27.9 Å². The van der Waals surface area contributed by atoms with Crippen molar-refractivity contribution in [2.24, 2.45) is 0 Å². The van der Waals surface area contributed by atoms with Gasteiger partial charge in [-0.15, -0.1) is 0 Å². The number of allylic oxidation sites excluding steroid dienone is 2. The van der Waals surface area contributed by atoms with Gasteiger partial charge in [0, 0.05) is 18.4 Å². The minimum Gasteiger partial charge on any atom is -0.478 e. The van der Waals surface area contributed by atoms with Gasteiger partial charge >= 0.3 is 18.1 Å². The molecule has 0 saturated carbocycles. The molecule has 0 amide bonds. The minimum atomic E-state index is -4.51. The number of ether oxygens (including phenoxy) is 1. The molecule has 0 spiro atoms. The third kappa shape index (κ3) is 3.76. The fourth-order valence-corrected chi connectivity index (χ4v) is 3.65. The minimum absolute atomic E-state index is 0.0395. The van der Waals surface area contributed by atoms with Gasteiger partial charge in [0.05, 0.1) is 29.7 Å². The van der Waals surface area contributed by atoms with Crippen LogP contribution in [0.25, 0.3) is 0 Å². The zero-order valence-electron chi connectivity index (χ0n) is 16.1. The Morgan fingerprint density at radius 3 is 1.96 bits per heavy atom. The molecular formula is C20H22F3NO4. The summed E-state index contributed by atoms with van der Waals surface area (Å²) >= 11 is 0. The van der Waals surface area contributed by atoms with Crippen LogP contribution in [-0.4, -0.2) is 36.1 Å². The van der Waals surface area contributed by atoms with E-state index in [0.29, 0.717) is 24.2 Å². The van der Waals surface area contributed by atoms with E-state index in [0.717, 1.165) is 12.1 Å². The van der Waals surface area contributed by atoms with Crippen LogP contribution >= 0.6 is 0 Å². The summed E-state index contributed by atoms with van der Waals surface area (Å²) in [5, 5.41) is 9.87. The molecule has 5 nitrogen and oxygen atoms in total. The van der Waals surface area contributed by atoms with E-state index in [2.05, 4.69) is 0 Å². The molecule has 1 aliphatic heterocycles. The number of alkyl halides is 3. The molecule has 1 aromatic rings. The lowest BCUT2D eigenvalue weighted by Crippen LogP contribution is -2.34. The van der Waals surface area contributed by atoms with Gasteiger partial charge in [-0.3, -0.25) is 0 Å². The number of nitrogens with zero attached hydrogens (tertiary/aromatic N) is 1. The van der Waals surface area contributed by atoms with Gasteiger partial charge in [-0.05, 0) is 30.5 Å². The van der Waals surface area contributed by atoms with Crippen molar-refractivity contribution in [3.8, 4) is 0 Å². The summed E-state index contributed by atoms with van der Waals surface area (Å²) in [6, 6.07) is 4.20. The number of benzene rings is 1. The van der Waals surface area contributed by atoms with Crippen LogP contribution in [0.4, 0.5) is 13.2 Å². The number of carboxylic acid groups (broad SMARTS) is 1. The summed E-state index contributed by atoms with van der Waals surface area (Å²) in [6.07, 6.45) is -3.71. The monoisotopic (exact) mass is 397 g/mol. The lowest BCUT2D eigenvalue weighted by atomic mass is 9.78. The molecule has 28 heavy (non-hydrogen) atoms. The highest BCUT2D eigenvalue weighted by molar-refractivity contribution is 5.99. The molecule has 1 heterocycles. The van der Waals surface area contributed by atoms with Crippen molar-refractivity contribution in [1.29, 1.82) is 0 Å². The Bertz CT molecular complexity index is 838. The summed E-state index contributed by atoms with van der Waals surface area (Å²) in [7, 11) is 2.86. The number of esters is 1. The van der Waals surface area contributed by atoms with Crippen molar-refractivity contribution in [2.75, 3.05) is 14.2 Å². The number of rotatable bonds is 5. The Morgan fingerprint density at radius 2 is 1.57 bits per heavy atom. The normalized spacial score (nSPS) is 17.8. The van der Waals surface area contributed by atoms with Crippen LogP contribution in [0, 0.1) is 0 Å². The molecular weight excluding hydrogens is 375 g/mol. The van der Waals surface area contributed by atoms with Crippen LogP contribution in [-0.2, 0) is 20.5 Å². The van der Waals surface area contributed by atoms with E-state index in [4.69, 9.17) is 4.74 Å². The van der Waals surface area contributed by atoms with E-state index >= 15 is 0 Å². The van der Waals surface area contributed by atoms with Gasteiger partial charge in [0.2, 0.25) is 0 Å².